The summed E-state index contributed by atoms with van der Waals surface area (Å²) < 4.78 is 16.2. The van der Waals surface area contributed by atoms with E-state index in [1.54, 1.807) is 24.3 Å². The Morgan fingerprint density at radius 3 is 2.57 bits per heavy atom. The molecule has 0 fully saturated rings. The maximum absolute atomic E-state index is 11.5. The van der Waals surface area contributed by atoms with Gasteiger partial charge in [-0.15, -0.1) is 0 Å². The molecule has 0 aliphatic carbocycles. The van der Waals surface area contributed by atoms with Gasteiger partial charge in [-0.25, -0.2) is 0 Å². The molecule has 2 rings (SSSR count). The summed E-state index contributed by atoms with van der Waals surface area (Å²) in [7, 11) is 1.35. The van der Waals surface area contributed by atoms with E-state index in [1.165, 1.54) is 7.11 Å². The minimum Gasteiger partial charge on any atom is -0.490 e. The van der Waals surface area contributed by atoms with Crippen LogP contribution in [0.3, 0.4) is 0 Å². The number of hydrogen-bond donors (Lipinski definition) is 1. The summed E-state index contributed by atoms with van der Waals surface area (Å²) in [6.07, 6.45) is 0.130. The molecule has 0 aliphatic heterocycles. The van der Waals surface area contributed by atoms with Crippen molar-refractivity contribution in [3.63, 3.8) is 0 Å². The van der Waals surface area contributed by atoms with E-state index in [4.69, 9.17) is 14.2 Å². The average molecular weight is 316 g/mol. The van der Waals surface area contributed by atoms with Crippen molar-refractivity contribution in [3.05, 3.63) is 53.6 Å². The molecule has 5 heteroatoms. The van der Waals surface area contributed by atoms with Crippen molar-refractivity contribution < 1.29 is 24.1 Å². The standard InChI is InChI=1S/C18H20O5/c1-3-22-17-10-13(12-19)8-9-16(17)23-15-7-5-4-6-14(15)11-18(20)21-2/h4-10,19H,3,11-12H2,1-2H3. The first-order chi connectivity index (χ1) is 11.2. The van der Waals surface area contributed by atoms with Gasteiger partial charge in [0.25, 0.3) is 0 Å². The molecular formula is C18H20O5. The minimum absolute atomic E-state index is 0.0702. The molecule has 0 radical (unpaired) electrons. The van der Waals surface area contributed by atoms with Crippen LogP contribution in [-0.2, 0) is 22.6 Å². The zero-order valence-electron chi connectivity index (χ0n) is 13.2. The normalized spacial score (nSPS) is 10.2. The fourth-order valence-electron chi connectivity index (χ4n) is 2.10. The molecule has 5 nitrogen and oxygen atoms in total. The molecule has 0 spiro atoms. The third-order valence-corrected chi connectivity index (χ3v) is 3.25. The molecule has 1 N–H and O–H groups in total. The van der Waals surface area contributed by atoms with Gasteiger partial charge in [0.1, 0.15) is 5.75 Å². The molecule has 0 amide bonds. The highest BCUT2D eigenvalue weighted by atomic mass is 16.5. The number of benzene rings is 2. The van der Waals surface area contributed by atoms with E-state index in [1.807, 2.05) is 25.1 Å². The molecule has 122 valence electrons. The molecule has 0 bridgehead atoms. The van der Waals surface area contributed by atoms with Gasteiger partial charge in [-0.1, -0.05) is 24.3 Å². The summed E-state index contributed by atoms with van der Waals surface area (Å²) in [6.45, 7) is 2.29. The molecule has 0 aromatic heterocycles. The average Bonchev–Trinajstić information content (AvgIpc) is 2.58. The highest BCUT2D eigenvalue weighted by Crippen LogP contribution is 2.34. The zero-order chi connectivity index (χ0) is 16.7. The van der Waals surface area contributed by atoms with Gasteiger partial charge in [0.15, 0.2) is 11.5 Å². The Hall–Kier alpha value is -2.53. The van der Waals surface area contributed by atoms with Crippen molar-refractivity contribution in [2.45, 2.75) is 20.0 Å². The molecule has 0 saturated carbocycles. The predicted octanol–water partition coefficient (Wildman–Crippen LogP) is 3.09. The van der Waals surface area contributed by atoms with Gasteiger partial charge in [0.2, 0.25) is 0 Å². The molecule has 0 heterocycles. The fourth-order valence-corrected chi connectivity index (χ4v) is 2.10. The van der Waals surface area contributed by atoms with E-state index in [2.05, 4.69) is 0 Å². The number of rotatable bonds is 7. The number of carbonyl (C=O) groups is 1. The second kappa shape index (κ2) is 8.19. The topological polar surface area (TPSA) is 65.0 Å². The number of carbonyl (C=O) groups excluding carboxylic acids is 1. The molecular weight excluding hydrogens is 296 g/mol. The summed E-state index contributed by atoms with van der Waals surface area (Å²) in [5.74, 6) is 1.31. The van der Waals surface area contributed by atoms with E-state index in [0.29, 0.717) is 23.9 Å². The van der Waals surface area contributed by atoms with Crippen LogP contribution in [0.1, 0.15) is 18.1 Å². The van der Waals surface area contributed by atoms with Gasteiger partial charge in [0.05, 0.1) is 26.7 Å². The zero-order valence-corrected chi connectivity index (χ0v) is 13.2. The van der Waals surface area contributed by atoms with Crippen molar-refractivity contribution in [2.24, 2.45) is 0 Å². The first-order valence-corrected chi connectivity index (χ1v) is 7.37. The Kier molecular flexibility index (Phi) is 6.00. The summed E-state index contributed by atoms with van der Waals surface area (Å²) >= 11 is 0. The van der Waals surface area contributed by atoms with Crippen LogP contribution in [0.5, 0.6) is 17.2 Å². The summed E-state index contributed by atoms with van der Waals surface area (Å²) in [5.41, 5.74) is 1.47. The van der Waals surface area contributed by atoms with E-state index in [-0.39, 0.29) is 19.0 Å². The van der Waals surface area contributed by atoms with Crippen LogP contribution < -0.4 is 9.47 Å². The first-order valence-electron chi connectivity index (χ1n) is 7.37. The number of aliphatic hydroxyl groups is 1. The molecule has 0 saturated heterocycles. The number of ether oxygens (including phenoxy) is 3. The Balaban J connectivity index is 2.30. The first kappa shape index (κ1) is 16.8. The smallest absolute Gasteiger partial charge is 0.310 e. The number of methoxy groups -OCH3 is 1. The van der Waals surface area contributed by atoms with Crippen molar-refractivity contribution in [1.29, 1.82) is 0 Å². The largest absolute Gasteiger partial charge is 0.490 e. The maximum atomic E-state index is 11.5. The predicted molar refractivity (Wildman–Crippen MR) is 85.8 cm³/mol. The van der Waals surface area contributed by atoms with Crippen LogP contribution in [0.2, 0.25) is 0 Å². The van der Waals surface area contributed by atoms with Crippen LogP contribution in [0.15, 0.2) is 42.5 Å². The highest BCUT2D eigenvalue weighted by Gasteiger charge is 2.12. The van der Waals surface area contributed by atoms with Crippen LogP contribution in [-0.4, -0.2) is 24.8 Å². The third kappa shape index (κ3) is 4.47. The van der Waals surface area contributed by atoms with Gasteiger partial charge < -0.3 is 19.3 Å². The fraction of sp³-hybridized carbons (Fsp3) is 0.278. The van der Waals surface area contributed by atoms with E-state index in [9.17, 15) is 9.90 Å². The van der Waals surface area contributed by atoms with Crippen LogP contribution in [0.25, 0.3) is 0 Å². The highest BCUT2D eigenvalue weighted by molar-refractivity contribution is 5.73. The molecule has 0 unspecified atom stereocenters. The number of hydrogen-bond acceptors (Lipinski definition) is 5. The summed E-state index contributed by atoms with van der Waals surface area (Å²) in [6, 6.07) is 12.5. The van der Waals surface area contributed by atoms with E-state index in [0.717, 1.165) is 11.1 Å². The van der Waals surface area contributed by atoms with Crippen molar-refractivity contribution in [3.8, 4) is 17.2 Å². The van der Waals surface area contributed by atoms with Crippen LogP contribution >= 0.6 is 0 Å². The Labute approximate surface area is 135 Å². The summed E-state index contributed by atoms with van der Waals surface area (Å²) in [5, 5.41) is 9.23. The lowest BCUT2D eigenvalue weighted by Crippen LogP contribution is -2.06. The monoisotopic (exact) mass is 316 g/mol. The maximum Gasteiger partial charge on any atom is 0.310 e. The van der Waals surface area contributed by atoms with Gasteiger partial charge >= 0.3 is 5.97 Å². The number of esters is 1. The van der Waals surface area contributed by atoms with Crippen LogP contribution in [0, 0.1) is 0 Å². The third-order valence-electron chi connectivity index (χ3n) is 3.25. The Bertz CT molecular complexity index is 666. The van der Waals surface area contributed by atoms with Gasteiger partial charge in [-0.2, -0.15) is 0 Å². The van der Waals surface area contributed by atoms with Crippen molar-refractivity contribution in [1.82, 2.24) is 0 Å². The molecule has 2 aromatic carbocycles. The number of para-hydroxylation sites is 1. The number of aliphatic hydroxyl groups excluding tert-OH is 1. The van der Waals surface area contributed by atoms with Crippen molar-refractivity contribution >= 4 is 5.97 Å². The molecule has 23 heavy (non-hydrogen) atoms. The molecule has 0 atom stereocenters. The lowest BCUT2D eigenvalue weighted by atomic mass is 10.1. The van der Waals surface area contributed by atoms with Crippen molar-refractivity contribution in [2.75, 3.05) is 13.7 Å². The SMILES string of the molecule is CCOc1cc(CO)ccc1Oc1ccccc1CC(=O)OC. The van der Waals surface area contributed by atoms with Gasteiger partial charge in [-0.05, 0) is 30.7 Å². The second-order valence-corrected chi connectivity index (χ2v) is 4.83. The Morgan fingerprint density at radius 2 is 1.87 bits per heavy atom. The molecule has 0 aliphatic rings. The Morgan fingerprint density at radius 1 is 1.09 bits per heavy atom. The quantitative estimate of drug-likeness (QED) is 0.795. The molecule has 2 aromatic rings. The van der Waals surface area contributed by atoms with Crippen LogP contribution in [0.4, 0.5) is 0 Å². The van der Waals surface area contributed by atoms with E-state index >= 15 is 0 Å². The van der Waals surface area contributed by atoms with E-state index < -0.39 is 0 Å². The summed E-state index contributed by atoms with van der Waals surface area (Å²) in [4.78, 5) is 11.5. The minimum atomic E-state index is -0.332. The van der Waals surface area contributed by atoms with Gasteiger partial charge in [0, 0.05) is 5.56 Å². The van der Waals surface area contributed by atoms with Gasteiger partial charge in [-0.3, -0.25) is 4.79 Å². The lowest BCUT2D eigenvalue weighted by molar-refractivity contribution is -0.139. The second-order valence-electron chi connectivity index (χ2n) is 4.83. The lowest BCUT2D eigenvalue weighted by Gasteiger charge is -2.15.